The molecule has 0 aromatic carbocycles. The molecule has 1 saturated carbocycles. The van der Waals surface area contributed by atoms with E-state index in [0.29, 0.717) is 24.2 Å². The van der Waals surface area contributed by atoms with Gasteiger partial charge in [-0.2, -0.15) is 10.2 Å². The van der Waals surface area contributed by atoms with Crippen LogP contribution in [-0.4, -0.2) is 31.0 Å². The van der Waals surface area contributed by atoms with Crippen LogP contribution >= 0.6 is 0 Å². The van der Waals surface area contributed by atoms with Gasteiger partial charge in [0.25, 0.3) is 0 Å². The molecule has 4 rings (SSSR count). The van der Waals surface area contributed by atoms with Gasteiger partial charge in [0.1, 0.15) is 6.67 Å². The van der Waals surface area contributed by atoms with E-state index in [4.69, 9.17) is 0 Å². The highest BCUT2D eigenvalue weighted by Gasteiger charge is 2.45. The Bertz CT molecular complexity index is 1040. The van der Waals surface area contributed by atoms with Crippen LogP contribution in [0.1, 0.15) is 32.4 Å². The molecule has 1 aliphatic carbocycles. The standard InChI is InChI=1S/C18H16FN5O2.C2H6/c19-12-18(5-6-18)24-9-8-23(16(25)17(24)26)11-14-3-4-15(22-21-14)13-2-1-7-20-10-13;1-2/h1-4,7-10H,5-6,11-12H2;1-2H3. The number of nitrogens with zero attached hydrogens (tertiary/aromatic N) is 5. The maximum Gasteiger partial charge on any atom is 0.317 e. The predicted octanol–water partition coefficient (Wildman–Crippen LogP) is 2.40. The molecular weight excluding hydrogens is 361 g/mol. The minimum absolute atomic E-state index is 0.123. The molecule has 0 radical (unpaired) electrons. The second-order valence-corrected chi connectivity index (χ2v) is 6.42. The van der Waals surface area contributed by atoms with E-state index in [9.17, 15) is 14.0 Å². The number of rotatable bonds is 5. The zero-order valence-electron chi connectivity index (χ0n) is 15.9. The van der Waals surface area contributed by atoms with E-state index in [1.165, 1.54) is 21.5 Å². The first kappa shape index (κ1) is 19.6. The summed E-state index contributed by atoms with van der Waals surface area (Å²) >= 11 is 0. The number of aromatic nitrogens is 5. The first-order valence-corrected chi connectivity index (χ1v) is 9.24. The van der Waals surface area contributed by atoms with Crippen LogP contribution in [0.25, 0.3) is 11.3 Å². The van der Waals surface area contributed by atoms with Crippen LogP contribution in [0.3, 0.4) is 0 Å². The van der Waals surface area contributed by atoms with Crippen molar-refractivity contribution in [1.82, 2.24) is 24.3 Å². The summed E-state index contributed by atoms with van der Waals surface area (Å²) in [4.78, 5) is 28.6. The van der Waals surface area contributed by atoms with Crippen molar-refractivity contribution in [3.8, 4) is 11.3 Å². The topological polar surface area (TPSA) is 82.7 Å². The van der Waals surface area contributed by atoms with E-state index in [1.807, 2.05) is 26.0 Å². The number of hydrogen-bond donors (Lipinski definition) is 0. The van der Waals surface area contributed by atoms with E-state index in [2.05, 4.69) is 15.2 Å². The summed E-state index contributed by atoms with van der Waals surface area (Å²) in [5.74, 6) is 0. The lowest BCUT2D eigenvalue weighted by atomic mass is 10.2. The summed E-state index contributed by atoms with van der Waals surface area (Å²) in [6.45, 7) is 3.48. The van der Waals surface area contributed by atoms with Crippen molar-refractivity contribution < 1.29 is 4.39 Å². The monoisotopic (exact) mass is 383 g/mol. The summed E-state index contributed by atoms with van der Waals surface area (Å²) in [7, 11) is 0. The Morgan fingerprint density at radius 1 is 1.07 bits per heavy atom. The highest BCUT2D eigenvalue weighted by molar-refractivity contribution is 5.56. The molecule has 3 aromatic heterocycles. The molecule has 0 saturated heterocycles. The maximum absolute atomic E-state index is 13.2. The summed E-state index contributed by atoms with van der Waals surface area (Å²) < 4.78 is 15.7. The van der Waals surface area contributed by atoms with Gasteiger partial charge in [0, 0.05) is 30.4 Å². The van der Waals surface area contributed by atoms with Crippen LogP contribution in [0, 0.1) is 0 Å². The van der Waals surface area contributed by atoms with Crippen molar-refractivity contribution in [3.63, 3.8) is 0 Å². The smallest absolute Gasteiger partial charge is 0.303 e. The Balaban J connectivity index is 0.00000109. The van der Waals surface area contributed by atoms with Crippen molar-refractivity contribution in [2.75, 3.05) is 6.67 Å². The Labute approximate surface area is 161 Å². The van der Waals surface area contributed by atoms with Crippen LogP contribution in [0.2, 0.25) is 0 Å². The molecule has 0 bridgehead atoms. The average molecular weight is 383 g/mol. The first-order chi connectivity index (χ1) is 13.6. The molecule has 0 spiro atoms. The average Bonchev–Trinajstić information content (AvgIpc) is 3.55. The summed E-state index contributed by atoms with van der Waals surface area (Å²) in [5.41, 5.74) is -0.160. The van der Waals surface area contributed by atoms with Crippen LogP contribution < -0.4 is 11.1 Å². The van der Waals surface area contributed by atoms with Gasteiger partial charge < -0.3 is 9.13 Å². The Hall–Kier alpha value is -3.16. The maximum atomic E-state index is 13.2. The van der Waals surface area contributed by atoms with Crippen LogP contribution in [0.15, 0.2) is 58.6 Å². The summed E-state index contributed by atoms with van der Waals surface area (Å²) in [5, 5.41) is 8.25. The highest BCUT2D eigenvalue weighted by Crippen LogP contribution is 2.42. The fraction of sp³-hybridized carbons (Fsp3) is 0.350. The molecule has 8 heteroatoms. The quantitative estimate of drug-likeness (QED) is 0.632. The SMILES string of the molecule is CC.O=c1c(=O)n(C2(CF)CC2)ccn1Cc1ccc(-c2cccnc2)nn1. The first-order valence-electron chi connectivity index (χ1n) is 9.24. The molecular formula is C20H22FN5O2. The second kappa shape index (κ2) is 8.24. The van der Waals surface area contributed by atoms with Gasteiger partial charge in [-0.1, -0.05) is 13.8 Å². The molecule has 0 N–H and O–H groups in total. The fourth-order valence-electron chi connectivity index (χ4n) is 2.88. The van der Waals surface area contributed by atoms with E-state index < -0.39 is 23.3 Å². The second-order valence-electron chi connectivity index (χ2n) is 6.42. The molecule has 0 unspecified atom stereocenters. The van der Waals surface area contributed by atoms with Crippen molar-refractivity contribution >= 4 is 0 Å². The zero-order chi connectivity index (χ0) is 20.1. The van der Waals surface area contributed by atoms with Gasteiger partial charge in [0.15, 0.2) is 0 Å². The third-order valence-electron chi connectivity index (χ3n) is 4.65. The van der Waals surface area contributed by atoms with Gasteiger partial charge in [-0.25, -0.2) is 4.39 Å². The number of halogens is 1. The number of hydrogen-bond acceptors (Lipinski definition) is 5. The lowest BCUT2D eigenvalue weighted by Crippen LogP contribution is -2.45. The Kier molecular flexibility index (Phi) is 5.77. The summed E-state index contributed by atoms with van der Waals surface area (Å²) in [6, 6.07) is 7.22. The molecule has 0 atom stereocenters. The van der Waals surface area contributed by atoms with Gasteiger partial charge in [-0.05, 0) is 37.1 Å². The van der Waals surface area contributed by atoms with Crippen LogP contribution in [0.4, 0.5) is 4.39 Å². The van der Waals surface area contributed by atoms with Gasteiger partial charge in [0.2, 0.25) is 0 Å². The highest BCUT2D eigenvalue weighted by atomic mass is 19.1. The minimum Gasteiger partial charge on any atom is -0.303 e. The third kappa shape index (κ3) is 3.76. The van der Waals surface area contributed by atoms with Crippen LogP contribution in [0.5, 0.6) is 0 Å². The number of alkyl halides is 1. The molecule has 0 amide bonds. The predicted molar refractivity (Wildman–Crippen MR) is 104 cm³/mol. The molecule has 28 heavy (non-hydrogen) atoms. The van der Waals surface area contributed by atoms with Gasteiger partial charge >= 0.3 is 11.1 Å². The summed E-state index contributed by atoms with van der Waals surface area (Å²) in [6.07, 6.45) is 7.49. The van der Waals surface area contributed by atoms with Gasteiger partial charge in [-0.3, -0.25) is 14.6 Å². The van der Waals surface area contributed by atoms with Crippen molar-refractivity contribution in [2.24, 2.45) is 0 Å². The largest absolute Gasteiger partial charge is 0.317 e. The molecule has 3 aromatic rings. The van der Waals surface area contributed by atoms with Gasteiger partial charge in [0.05, 0.1) is 23.5 Å². The van der Waals surface area contributed by atoms with Crippen molar-refractivity contribution in [1.29, 1.82) is 0 Å². The lowest BCUT2D eigenvalue weighted by molar-refractivity contribution is 0.326. The van der Waals surface area contributed by atoms with Crippen LogP contribution in [-0.2, 0) is 12.1 Å². The Morgan fingerprint density at radius 3 is 2.43 bits per heavy atom. The molecule has 1 fully saturated rings. The normalized spacial score (nSPS) is 14.1. The minimum atomic E-state index is -0.819. The van der Waals surface area contributed by atoms with E-state index in [0.717, 1.165) is 5.56 Å². The van der Waals surface area contributed by atoms with Crippen molar-refractivity contribution in [2.45, 2.75) is 38.8 Å². The van der Waals surface area contributed by atoms with Crippen molar-refractivity contribution in [3.05, 3.63) is 75.5 Å². The molecule has 3 heterocycles. The number of pyridine rings is 1. The fourth-order valence-corrected chi connectivity index (χ4v) is 2.88. The van der Waals surface area contributed by atoms with E-state index in [-0.39, 0.29) is 6.54 Å². The molecule has 146 valence electrons. The molecule has 0 aliphatic heterocycles. The van der Waals surface area contributed by atoms with E-state index in [1.54, 1.807) is 24.5 Å². The molecule has 1 aliphatic rings. The molecule has 7 nitrogen and oxygen atoms in total. The zero-order valence-corrected chi connectivity index (χ0v) is 15.9. The third-order valence-corrected chi connectivity index (χ3v) is 4.65. The van der Waals surface area contributed by atoms with Gasteiger partial charge in [-0.15, -0.1) is 0 Å². The van der Waals surface area contributed by atoms with E-state index >= 15 is 0 Å². The lowest BCUT2D eigenvalue weighted by Gasteiger charge is -2.15. The Morgan fingerprint density at radius 2 is 1.86 bits per heavy atom.